The largest absolute Gasteiger partial charge is 0.322 e. The van der Waals surface area contributed by atoms with E-state index in [0.717, 1.165) is 24.1 Å². The summed E-state index contributed by atoms with van der Waals surface area (Å²) in [4.78, 5) is 28.0. The van der Waals surface area contributed by atoms with Gasteiger partial charge in [-0.2, -0.15) is 0 Å². The van der Waals surface area contributed by atoms with Crippen LogP contribution in [0.3, 0.4) is 0 Å². The molecule has 1 aliphatic heterocycles. The summed E-state index contributed by atoms with van der Waals surface area (Å²) in [7, 11) is 0. The molecule has 6 heteroatoms. The Morgan fingerprint density at radius 2 is 1.86 bits per heavy atom. The Bertz CT molecular complexity index is 891. The number of nitrogens with zero attached hydrogens (tertiary/aromatic N) is 1. The summed E-state index contributed by atoms with van der Waals surface area (Å²) in [5, 5.41) is 7.00. The second-order valence-electron chi connectivity index (χ2n) is 7.59. The Kier molecular flexibility index (Phi) is 5.13. The van der Waals surface area contributed by atoms with E-state index in [4.69, 9.17) is 11.6 Å². The lowest BCUT2D eigenvalue weighted by molar-refractivity contribution is -0.127. The highest BCUT2D eigenvalue weighted by atomic mass is 35.5. The Labute approximate surface area is 170 Å². The van der Waals surface area contributed by atoms with Gasteiger partial charge in [-0.1, -0.05) is 48.7 Å². The molecule has 1 fully saturated rings. The van der Waals surface area contributed by atoms with Gasteiger partial charge in [-0.25, -0.2) is 0 Å². The molecule has 1 unspecified atom stereocenters. The van der Waals surface area contributed by atoms with E-state index in [1.54, 1.807) is 4.90 Å². The Morgan fingerprint density at radius 1 is 1.18 bits per heavy atom. The molecule has 2 aromatic rings. The summed E-state index contributed by atoms with van der Waals surface area (Å²) < 4.78 is 0. The van der Waals surface area contributed by atoms with Crippen LogP contribution in [0, 0.1) is 0 Å². The molecule has 0 saturated heterocycles. The van der Waals surface area contributed by atoms with Crippen LogP contribution in [0.4, 0.5) is 11.4 Å². The van der Waals surface area contributed by atoms with Gasteiger partial charge in [0.25, 0.3) is 5.91 Å². The van der Waals surface area contributed by atoms with E-state index in [2.05, 4.69) is 10.6 Å². The molecule has 2 N–H and O–H groups in total. The average molecular weight is 398 g/mol. The summed E-state index contributed by atoms with van der Waals surface area (Å²) >= 11 is 5.96. The number of hydrogen-bond acceptors (Lipinski definition) is 3. The fourth-order valence-corrected chi connectivity index (χ4v) is 4.44. The molecule has 1 heterocycles. The number of amides is 2. The number of benzene rings is 2. The zero-order valence-electron chi connectivity index (χ0n) is 15.9. The van der Waals surface area contributed by atoms with Crippen LogP contribution in [-0.2, 0) is 9.59 Å². The molecule has 0 radical (unpaired) electrons. The molecule has 2 aromatic carbocycles. The van der Waals surface area contributed by atoms with E-state index < -0.39 is 5.54 Å². The van der Waals surface area contributed by atoms with Crippen LogP contribution < -0.4 is 15.5 Å². The van der Waals surface area contributed by atoms with Crippen LogP contribution in [0.2, 0.25) is 5.02 Å². The van der Waals surface area contributed by atoms with Crippen molar-refractivity contribution in [2.45, 2.75) is 44.2 Å². The number of nitrogens with one attached hydrogen (secondary N) is 2. The summed E-state index contributed by atoms with van der Waals surface area (Å²) in [6.45, 7) is 2.17. The quantitative estimate of drug-likeness (QED) is 0.809. The van der Waals surface area contributed by atoms with Crippen molar-refractivity contribution in [3.63, 3.8) is 0 Å². The van der Waals surface area contributed by atoms with Crippen LogP contribution in [0.25, 0.3) is 0 Å². The van der Waals surface area contributed by atoms with E-state index in [1.807, 2.05) is 55.5 Å². The van der Waals surface area contributed by atoms with Crippen molar-refractivity contribution in [1.82, 2.24) is 5.32 Å². The lowest BCUT2D eigenvalue weighted by Gasteiger charge is -2.44. The zero-order valence-corrected chi connectivity index (χ0v) is 16.6. The van der Waals surface area contributed by atoms with Gasteiger partial charge in [0.1, 0.15) is 5.54 Å². The number of fused-ring (bicyclic) bond motifs is 1. The second kappa shape index (κ2) is 7.57. The van der Waals surface area contributed by atoms with E-state index >= 15 is 0 Å². The van der Waals surface area contributed by atoms with Gasteiger partial charge >= 0.3 is 0 Å². The lowest BCUT2D eigenvalue weighted by atomic mass is 9.89. The van der Waals surface area contributed by atoms with Gasteiger partial charge in [0.2, 0.25) is 5.91 Å². The molecule has 1 saturated carbocycles. The molecule has 5 nitrogen and oxygen atoms in total. The molecule has 2 aliphatic rings. The first kappa shape index (κ1) is 19.0. The predicted octanol–water partition coefficient (Wildman–Crippen LogP) is 4.29. The molecule has 0 aromatic heterocycles. The van der Waals surface area contributed by atoms with Gasteiger partial charge in [0.05, 0.1) is 17.9 Å². The first-order chi connectivity index (χ1) is 13.5. The highest BCUT2D eigenvalue weighted by Crippen LogP contribution is 2.45. The maximum absolute atomic E-state index is 13.3. The number of carbonyl (C=O) groups is 2. The summed E-state index contributed by atoms with van der Waals surface area (Å²) in [6.07, 6.45) is 3.30. The molecule has 28 heavy (non-hydrogen) atoms. The van der Waals surface area contributed by atoms with E-state index in [-0.39, 0.29) is 24.4 Å². The average Bonchev–Trinajstić information content (AvgIpc) is 3.18. The topological polar surface area (TPSA) is 61.4 Å². The maximum Gasteiger partial charge on any atom is 0.250 e. The third-order valence-corrected chi connectivity index (χ3v) is 6.11. The van der Waals surface area contributed by atoms with Crippen molar-refractivity contribution >= 4 is 34.8 Å². The standard InChI is InChI=1S/C22H24ClN3O2/c1-15(16-8-10-17(23)11-9-16)24-14-20(27)26-19-7-3-2-6-18(19)25-21(28)22(26)12-4-5-13-22/h2-3,6-11,15,24H,4-5,12-14H2,1H3,(H,25,28). The normalized spacial score (nSPS) is 18.6. The van der Waals surface area contributed by atoms with Gasteiger partial charge in [-0.3, -0.25) is 14.5 Å². The fourth-order valence-electron chi connectivity index (χ4n) is 4.32. The Morgan fingerprint density at radius 3 is 2.57 bits per heavy atom. The van der Waals surface area contributed by atoms with Gasteiger partial charge < -0.3 is 10.6 Å². The second-order valence-corrected chi connectivity index (χ2v) is 8.03. The first-order valence-electron chi connectivity index (χ1n) is 9.74. The molecular formula is C22H24ClN3O2. The van der Waals surface area contributed by atoms with Crippen LogP contribution in [0.1, 0.15) is 44.2 Å². The van der Waals surface area contributed by atoms with E-state index in [0.29, 0.717) is 23.6 Å². The van der Waals surface area contributed by atoms with Crippen LogP contribution in [-0.4, -0.2) is 23.9 Å². The molecule has 0 bridgehead atoms. The number of rotatable bonds is 4. The first-order valence-corrected chi connectivity index (χ1v) is 10.1. The van der Waals surface area contributed by atoms with Crippen molar-refractivity contribution in [3.8, 4) is 0 Å². The van der Waals surface area contributed by atoms with E-state index in [9.17, 15) is 9.59 Å². The van der Waals surface area contributed by atoms with Crippen molar-refractivity contribution in [3.05, 3.63) is 59.1 Å². The number of halogens is 1. The molecule has 1 aliphatic carbocycles. The molecule has 2 amide bonds. The highest BCUT2D eigenvalue weighted by Gasteiger charge is 2.51. The third kappa shape index (κ3) is 3.29. The Balaban J connectivity index is 1.57. The minimum absolute atomic E-state index is 0.00499. The maximum atomic E-state index is 13.3. The third-order valence-electron chi connectivity index (χ3n) is 5.85. The smallest absolute Gasteiger partial charge is 0.250 e. The van der Waals surface area contributed by atoms with Gasteiger partial charge in [0, 0.05) is 11.1 Å². The number of carbonyl (C=O) groups excluding carboxylic acids is 2. The van der Waals surface area contributed by atoms with Crippen molar-refractivity contribution in [1.29, 1.82) is 0 Å². The molecule has 1 spiro atoms. The number of para-hydroxylation sites is 2. The SMILES string of the molecule is CC(NCC(=O)N1c2ccccc2NC(=O)C12CCCC2)c1ccc(Cl)cc1. The van der Waals surface area contributed by atoms with Crippen molar-refractivity contribution < 1.29 is 9.59 Å². The molecule has 146 valence electrons. The highest BCUT2D eigenvalue weighted by molar-refractivity contribution is 6.30. The van der Waals surface area contributed by atoms with Crippen LogP contribution in [0.5, 0.6) is 0 Å². The van der Waals surface area contributed by atoms with Gasteiger partial charge in [-0.15, -0.1) is 0 Å². The molecular weight excluding hydrogens is 374 g/mol. The fraction of sp³-hybridized carbons (Fsp3) is 0.364. The van der Waals surface area contributed by atoms with Gasteiger partial charge in [0.15, 0.2) is 0 Å². The predicted molar refractivity (Wildman–Crippen MR) is 112 cm³/mol. The van der Waals surface area contributed by atoms with Crippen LogP contribution >= 0.6 is 11.6 Å². The van der Waals surface area contributed by atoms with Gasteiger partial charge in [-0.05, 0) is 49.6 Å². The van der Waals surface area contributed by atoms with E-state index in [1.165, 1.54) is 0 Å². The Hall–Kier alpha value is -2.37. The lowest BCUT2D eigenvalue weighted by Crippen LogP contribution is -2.62. The van der Waals surface area contributed by atoms with Crippen molar-refractivity contribution in [2.75, 3.05) is 16.8 Å². The minimum atomic E-state index is -0.767. The molecule has 1 atom stereocenters. The number of hydrogen-bond donors (Lipinski definition) is 2. The monoisotopic (exact) mass is 397 g/mol. The minimum Gasteiger partial charge on any atom is -0.322 e. The summed E-state index contributed by atoms with van der Waals surface area (Å²) in [5.74, 6) is -0.146. The summed E-state index contributed by atoms with van der Waals surface area (Å²) in [5.41, 5.74) is 1.78. The number of anilines is 2. The molecule has 4 rings (SSSR count). The van der Waals surface area contributed by atoms with Crippen LogP contribution in [0.15, 0.2) is 48.5 Å². The zero-order chi connectivity index (χ0) is 19.7. The summed E-state index contributed by atoms with van der Waals surface area (Å²) in [6, 6.07) is 15.1. The van der Waals surface area contributed by atoms with Crippen molar-refractivity contribution in [2.24, 2.45) is 0 Å².